The first kappa shape index (κ1) is 19.5. The lowest BCUT2D eigenvalue weighted by molar-refractivity contribution is 0.135. The van der Waals surface area contributed by atoms with Crippen molar-refractivity contribution < 1.29 is 5.11 Å². The number of unbranched alkanes of at least 4 members (excludes halogenated alkanes) is 5. The summed E-state index contributed by atoms with van der Waals surface area (Å²) in [5.41, 5.74) is 9.24. The Morgan fingerprint density at radius 1 is 0.917 bits per heavy atom. The largest absolute Gasteiger partial charge is 0.396 e. The summed E-state index contributed by atoms with van der Waals surface area (Å²) in [6.07, 6.45) is 13.9. The van der Waals surface area contributed by atoms with E-state index in [1.165, 1.54) is 68.9 Å². The second kappa shape index (κ2) is 10.9. The maximum Gasteiger partial charge on any atom is 0.0474 e. The molecule has 1 fully saturated rings. The second-order valence-corrected chi connectivity index (χ2v) is 7.75. The van der Waals surface area contributed by atoms with Gasteiger partial charge in [-0.1, -0.05) is 69.7 Å². The monoisotopic (exact) mass is 331 g/mol. The van der Waals surface area contributed by atoms with E-state index >= 15 is 0 Å². The molecule has 2 nitrogen and oxygen atoms in total. The van der Waals surface area contributed by atoms with E-state index in [4.69, 9.17) is 5.73 Å². The molecule has 3 N–H and O–H groups in total. The molecule has 0 radical (unpaired) electrons. The summed E-state index contributed by atoms with van der Waals surface area (Å²) in [5, 5.41) is 9.45. The quantitative estimate of drug-likeness (QED) is 0.601. The van der Waals surface area contributed by atoms with Gasteiger partial charge < -0.3 is 10.8 Å². The van der Waals surface area contributed by atoms with Gasteiger partial charge in [0.15, 0.2) is 0 Å². The van der Waals surface area contributed by atoms with Gasteiger partial charge in [-0.25, -0.2) is 0 Å². The number of rotatable bonds is 10. The van der Waals surface area contributed by atoms with Crippen molar-refractivity contribution in [2.24, 2.45) is 17.6 Å². The fourth-order valence-corrected chi connectivity index (χ4v) is 4.12. The standard InChI is InChI=1S/C22H37NO/c1-2-3-4-5-6-7-9-18-12-14-19(15-13-18)16-20-10-8-11-21(17-24)22(20)23/h12-15,20-22,24H,2-11,16-17,23H2,1H3. The Labute approximate surface area is 148 Å². The molecule has 1 aliphatic rings. The molecular formula is C22H37NO. The van der Waals surface area contributed by atoms with Gasteiger partial charge in [-0.3, -0.25) is 0 Å². The van der Waals surface area contributed by atoms with Crippen molar-refractivity contribution in [2.75, 3.05) is 6.61 Å². The van der Waals surface area contributed by atoms with Crippen LogP contribution < -0.4 is 5.73 Å². The molecule has 0 spiro atoms. The number of nitrogens with two attached hydrogens (primary N) is 1. The smallest absolute Gasteiger partial charge is 0.0474 e. The van der Waals surface area contributed by atoms with Crippen molar-refractivity contribution in [3.05, 3.63) is 35.4 Å². The maximum atomic E-state index is 9.45. The lowest BCUT2D eigenvalue weighted by Gasteiger charge is -2.35. The molecule has 3 atom stereocenters. The number of aliphatic hydroxyl groups excluding tert-OH is 1. The van der Waals surface area contributed by atoms with Crippen LogP contribution in [0.15, 0.2) is 24.3 Å². The minimum Gasteiger partial charge on any atom is -0.396 e. The second-order valence-electron chi connectivity index (χ2n) is 7.75. The molecule has 1 aromatic carbocycles. The van der Waals surface area contributed by atoms with Gasteiger partial charge in [-0.15, -0.1) is 0 Å². The topological polar surface area (TPSA) is 46.2 Å². The lowest BCUT2D eigenvalue weighted by atomic mass is 9.75. The highest BCUT2D eigenvalue weighted by atomic mass is 16.3. The third-order valence-electron chi connectivity index (χ3n) is 5.81. The molecule has 0 heterocycles. The van der Waals surface area contributed by atoms with Crippen LogP contribution in [-0.2, 0) is 12.8 Å². The highest BCUT2D eigenvalue weighted by Gasteiger charge is 2.29. The highest BCUT2D eigenvalue weighted by molar-refractivity contribution is 5.23. The number of aliphatic hydroxyl groups is 1. The summed E-state index contributed by atoms with van der Waals surface area (Å²) >= 11 is 0. The van der Waals surface area contributed by atoms with Crippen molar-refractivity contribution in [3.8, 4) is 0 Å². The van der Waals surface area contributed by atoms with Crippen LogP contribution in [0.25, 0.3) is 0 Å². The Balaban J connectivity index is 1.73. The van der Waals surface area contributed by atoms with Crippen LogP contribution in [0.3, 0.4) is 0 Å². The first-order chi connectivity index (χ1) is 11.7. The zero-order valence-electron chi connectivity index (χ0n) is 15.6. The van der Waals surface area contributed by atoms with Gasteiger partial charge in [0.1, 0.15) is 0 Å². The SMILES string of the molecule is CCCCCCCCc1ccc(CC2CCCC(CO)C2N)cc1. The molecule has 0 aliphatic heterocycles. The van der Waals surface area contributed by atoms with E-state index in [9.17, 15) is 5.11 Å². The van der Waals surface area contributed by atoms with E-state index in [0.29, 0.717) is 11.8 Å². The summed E-state index contributed by atoms with van der Waals surface area (Å²) in [6.45, 7) is 2.51. The molecule has 1 saturated carbocycles. The van der Waals surface area contributed by atoms with E-state index in [2.05, 4.69) is 31.2 Å². The van der Waals surface area contributed by atoms with Gasteiger partial charge in [0, 0.05) is 12.6 Å². The van der Waals surface area contributed by atoms with Gasteiger partial charge in [-0.05, 0) is 55.1 Å². The zero-order valence-corrected chi connectivity index (χ0v) is 15.6. The van der Waals surface area contributed by atoms with Crippen molar-refractivity contribution >= 4 is 0 Å². The van der Waals surface area contributed by atoms with E-state index in [0.717, 1.165) is 12.8 Å². The summed E-state index contributed by atoms with van der Waals surface area (Å²) in [7, 11) is 0. The van der Waals surface area contributed by atoms with Crippen LogP contribution in [0.2, 0.25) is 0 Å². The summed E-state index contributed by atoms with van der Waals surface area (Å²) in [4.78, 5) is 0. The third-order valence-corrected chi connectivity index (χ3v) is 5.81. The van der Waals surface area contributed by atoms with Crippen molar-refractivity contribution in [2.45, 2.75) is 83.6 Å². The molecule has 0 bridgehead atoms. The third kappa shape index (κ3) is 6.22. The van der Waals surface area contributed by atoms with Crippen LogP contribution in [-0.4, -0.2) is 17.8 Å². The molecule has 0 amide bonds. The van der Waals surface area contributed by atoms with Gasteiger partial charge in [0.25, 0.3) is 0 Å². The number of hydrogen-bond donors (Lipinski definition) is 2. The molecule has 0 aromatic heterocycles. The fourth-order valence-electron chi connectivity index (χ4n) is 4.12. The van der Waals surface area contributed by atoms with Crippen LogP contribution in [0.5, 0.6) is 0 Å². The van der Waals surface area contributed by atoms with Crippen molar-refractivity contribution in [3.63, 3.8) is 0 Å². The minimum absolute atomic E-state index is 0.159. The van der Waals surface area contributed by atoms with Gasteiger partial charge in [0.05, 0.1) is 0 Å². The van der Waals surface area contributed by atoms with Crippen molar-refractivity contribution in [1.29, 1.82) is 0 Å². The van der Waals surface area contributed by atoms with E-state index < -0.39 is 0 Å². The first-order valence-electron chi connectivity index (χ1n) is 10.2. The zero-order chi connectivity index (χ0) is 17.2. The summed E-state index contributed by atoms with van der Waals surface area (Å²) in [5.74, 6) is 0.830. The number of aryl methyl sites for hydroxylation is 1. The van der Waals surface area contributed by atoms with Gasteiger partial charge >= 0.3 is 0 Å². The fraction of sp³-hybridized carbons (Fsp3) is 0.727. The molecule has 1 aromatic rings. The highest BCUT2D eigenvalue weighted by Crippen LogP contribution is 2.30. The van der Waals surface area contributed by atoms with Crippen LogP contribution in [0.1, 0.15) is 75.8 Å². The molecule has 24 heavy (non-hydrogen) atoms. The van der Waals surface area contributed by atoms with E-state index in [-0.39, 0.29) is 12.6 Å². The molecule has 0 saturated heterocycles. The number of benzene rings is 1. The Morgan fingerprint density at radius 2 is 1.54 bits per heavy atom. The Kier molecular flexibility index (Phi) is 8.83. The number of hydrogen-bond acceptors (Lipinski definition) is 2. The molecular weight excluding hydrogens is 294 g/mol. The Hall–Kier alpha value is -0.860. The first-order valence-corrected chi connectivity index (χ1v) is 10.2. The Morgan fingerprint density at radius 3 is 2.25 bits per heavy atom. The average Bonchev–Trinajstić information content (AvgIpc) is 2.61. The van der Waals surface area contributed by atoms with E-state index in [1.807, 2.05) is 0 Å². The van der Waals surface area contributed by atoms with Crippen molar-refractivity contribution in [1.82, 2.24) is 0 Å². The predicted octanol–water partition coefficient (Wildman–Crippen LogP) is 4.87. The minimum atomic E-state index is 0.159. The average molecular weight is 332 g/mol. The summed E-state index contributed by atoms with van der Waals surface area (Å²) in [6, 6.07) is 9.36. The van der Waals surface area contributed by atoms with Gasteiger partial charge in [0.2, 0.25) is 0 Å². The van der Waals surface area contributed by atoms with Crippen LogP contribution in [0, 0.1) is 11.8 Å². The predicted molar refractivity (Wildman–Crippen MR) is 103 cm³/mol. The summed E-state index contributed by atoms with van der Waals surface area (Å²) < 4.78 is 0. The maximum absolute atomic E-state index is 9.45. The molecule has 2 rings (SSSR count). The molecule has 2 heteroatoms. The van der Waals surface area contributed by atoms with Gasteiger partial charge in [-0.2, -0.15) is 0 Å². The molecule has 3 unspecified atom stereocenters. The Bertz CT molecular complexity index is 442. The normalized spacial score (nSPS) is 24.2. The van der Waals surface area contributed by atoms with E-state index in [1.54, 1.807) is 0 Å². The molecule has 1 aliphatic carbocycles. The lowest BCUT2D eigenvalue weighted by Crippen LogP contribution is -2.43. The van der Waals surface area contributed by atoms with Crippen LogP contribution >= 0.6 is 0 Å². The van der Waals surface area contributed by atoms with Crippen LogP contribution in [0.4, 0.5) is 0 Å². The molecule has 136 valence electrons.